The molecule has 1 aliphatic rings. The van der Waals surface area contributed by atoms with Crippen molar-refractivity contribution in [1.82, 2.24) is 5.32 Å². The zero-order chi connectivity index (χ0) is 16.1. The second-order valence-corrected chi connectivity index (χ2v) is 5.46. The summed E-state index contributed by atoms with van der Waals surface area (Å²) in [7, 11) is 0. The number of amides is 1. The van der Waals surface area contributed by atoms with Gasteiger partial charge in [-0.2, -0.15) is 0 Å². The van der Waals surface area contributed by atoms with Crippen molar-refractivity contribution < 1.29 is 9.53 Å². The van der Waals surface area contributed by atoms with Gasteiger partial charge in [0, 0.05) is 22.8 Å². The number of amidine groups is 1. The van der Waals surface area contributed by atoms with Crippen LogP contribution in [0.2, 0.25) is 5.02 Å². The molecule has 2 N–H and O–H groups in total. The maximum absolute atomic E-state index is 11.8. The van der Waals surface area contributed by atoms with Crippen molar-refractivity contribution in [2.24, 2.45) is 4.99 Å². The SMILES string of the molecule is O=C(COc1ccc(C2=NCCN2)cc1)Nc1ccc(Cl)cc1. The Balaban J connectivity index is 1.51. The fraction of sp³-hybridized carbons (Fsp3) is 0.176. The summed E-state index contributed by atoms with van der Waals surface area (Å²) in [6, 6.07) is 14.4. The lowest BCUT2D eigenvalue weighted by atomic mass is 10.2. The fourth-order valence-electron chi connectivity index (χ4n) is 2.18. The van der Waals surface area contributed by atoms with E-state index in [0.29, 0.717) is 16.5 Å². The topological polar surface area (TPSA) is 62.7 Å². The van der Waals surface area contributed by atoms with Gasteiger partial charge in [-0.1, -0.05) is 11.6 Å². The molecule has 0 radical (unpaired) electrons. The second kappa shape index (κ2) is 7.15. The highest BCUT2D eigenvalue weighted by Gasteiger charge is 2.08. The van der Waals surface area contributed by atoms with Gasteiger partial charge in [0.1, 0.15) is 11.6 Å². The Hall–Kier alpha value is -2.53. The Kier molecular flexibility index (Phi) is 4.78. The minimum Gasteiger partial charge on any atom is -0.484 e. The van der Waals surface area contributed by atoms with Gasteiger partial charge in [-0.25, -0.2) is 0 Å². The van der Waals surface area contributed by atoms with Crippen molar-refractivity contribution in [1.29, 1.82) is 0 Å². The summed E-state index contributed by atoms with van der Waals surface area (Å²) in [6.45, 7) is 1.62. The molecule has 2 aromatic carbocycles. The highest BCUT2D eigenvalue weighted by molar-refractivity contribution is 6.30. The molecule has 0 atom stereocenters. The van der Waals surface area contributed by atoms with Crippen LogP contribution in [0.25, 0.3) is 0 Å². The van der Waals surface area contributed by atoms with Crippen LogP contribution in [0.15, 0.2) is 53.5 Å². The Bertz CT molecular complexity index is 712. The standard InChI is InChI=1S/C17H16ClN3O2/c18-13-3-5-14(6-4-13)21-16(22)11-23-15-7-1-12(2-8-15)17-19-9-10-20-17/h1-8H,9-11H2,(H,19,20)(H,21,22). The fourth-order valence-corrected chi connectivity index (χ4v) is 2.31. The van der Waals surface area contributed by atoms with Crippen molar-refractivity contribution >= 4 is 29.0 Å². The summed E-state index contributed by atoms with van der Waals surface area (Å²) in [5, 5.41) is 6.58. The Morgan fingerprint density at radius 3 is 2.57 bits per heavy atom. The Labute approximate surface area is 139 Å². The van der Waals surface area contributed by atoms with Crippen LogP contribution in [0.1, 0.15) is 5.56 Å². The number of aliphatic imine (C=N–C) groups is 1. The van der Waals surface area contributed by atoms with Gasteiger partial charge in [-0.3, -0.25) is 9.79 Å². The van der Waals surface area contributed by atoms with Crippen LogP contribution >= 0.6 is 11.6 Å². The third-order valence-corrected chi connectivity index (χ3v) is 3.55. The quantitative estimate of drug-likeness (QED) is 0.886. The number of carbonyl (C=O) groups is 1. The molecule has 118 valence electrons. The molecule has 0 bridgehead atoms. The van der Waals surface area contributed by atoms with Crippen LogP contribution < -0.4 is 15.4 Å². The average molecular weight is 330 g/mol. The van der Waals surface area contributed by atoms with Crippen LogP contribution in [0.3, 0.4) is 0 Å². The summed E-state index contributed by atoms with van der Waals surface area (Å²) in [6.07, 6.45) is 0. The third-order valence-electron chi connectivity index (χ3n) is 3.30. The van der Waals surface area contributed by atoms with E-state index in [9.17, 15) is 4.79 Å². The predicted molar refractivity (Wildman–Crippen MR) is 91.4 cm³/mol. The molecule has 0 fully saturated rings. The summed E-state index contributed by atoms with van der Waals surface area (Å²) >= 11 is 5.80. The smallest absolute Gasteiger partial charge is 0.262 e. The molecule has 0 aliphatic carbocycles. The molecule has 2 aromatic rings. The molecule has 3 rings (SSSR count). The highest BCUT2D eigenvalue weighted by atomic mass is 35.5. The highest BCUT2D eigenvalue weighted by Crippen LogP contribution is 2.15. The number of nitrogens with one attached hydrogen (secondary N) is 2. The molecule has 1 heterocycles. The van der Waals surface area contributed by atoms with E-state index in [1.54, 1.807) is 24.3 Å². The van der Waals surface area contributed by atoms with Gasteiger partial charge in [0.2, 0.25) is 0 Å². The van der Waals surface area contributed by atoms with Crippen molar-refractivity contribution in [3.05, 3.63) is 59.1 Å². The molecule has 5 nitrogen and oxygen atoms in total. The largest absolute Gasteiger partial charge is 0.484 e. The number of anilines is 1. The van der Waals surface area contributed by atoms with E-state index >= 15 is 0 Å². The van der Waals surface area contributed by atoms with Gasteiger partial charge in [0.15, 0.2) is 6.61 Å². The van der Waals surface area contributed by atoms with Gasteiger partial charge in [-0.05, 0) is 48.5 Å². The van der Waals surface area contributed by atoms with E-state index in [-0.39, 0.29) is 12.5 Å². The maximum Gasteiger partial charge on any atom is 0.262 e. The lowest BCUT2D eigenvalue weighted by Gasteiger charge is -2.08. The number of hydrogen-bond donors (Lipinski definition) is 2. The first-order chi connectivity index (χ1) is 11.2. The van der Waals surface area contributed by atoms with Gasteiger partial charge in [-0.15, -0.1) is 0 Å². The van der Waals surface area contributed by atoms with Crippen molar-refractivity contribution in [2.75, 3.05) is 25.0 Å². The lowest BCUT2D eigenvalue weighted by Crippen LogP contribution is -2.20. The molecule has 0 saturated carbocycles. The Morgan fingerprint density at radius 2 is 1.91 bits per heavy atom. The predicted octanol–water partition coefficient (Wildman–Crippen LogP) is 2.71. The number of carbonyl (C=O) groups excluding carboxylic acids is 1. The second-order valence-electron chi connectivity index (χ2n) is 5.03. The molecule has 6 heteroatoms. The van der Waals surface area contributed by atoms with E-state index in [2.05, 4.69) is 15.6 Å². The molecule has 0 unspecified atom stereocenters. The molecule has 1 aliphatic heterocycles. The number of rotatable bonds is 5. The van der Waals surface area contributed by atoms with Crippen molar-refractivity contribution in [2.45, 2.75) is 0 Å². The first kappa shape index (κ1) is 15.4. The van der Waals surface area contributed by atoms with E-state index in [1.807, 2.05) is 24.3 Å². The van der Waals surface area contributed by atoms with Crippen LogP contribution in [0, 0.1) is 0 Å². The van der Waals surface area contributed by atoms with E-state index in [4.69, 9.17) is 16.3 Å². The summed E-state index contributed by atoms with van der Waals surface area (Å²) in [5.74, 6) is 1.31. The summed E-state index contributed by atoms with van der Waals surface area (Å²) < 4.78 is 5.48. The van der Waals surface area contributed by atoms with E-state index in [1.165, 1.54) is 0 Å². The van der Waals surface area contributed by atoms with Crippen LogP contribution in [-0.2, 0) is 4.79 Å². The molecular formula is C17H16ClN3O2. The van der Waals surface area contributed by atoms with Crippen LogP contribution in [-0.4, -0.2) is 31.4 Å². The maximum atomic E-state index is 11.8. The average Bonchev–Trinajstić information content (AvgIpc) is 3.10. The van der Waals surface area contributed by atoms with Gasteiger partial charge in [0.05, 0.1) is 6.54 Å². The number of ether oxygens (including phenoxy) is 1. The minimum atomic E-state index is -0.224. The van der Waals surface area contributed by atoms with Crippen molar-refractivity contribution in [3.63, 3.8) is 0 Å². The summed E-state index contributed by atoms with van der Waals surface area (Å²) in [4.78, 5) is 16.2. The zero-order valence-electron chi connectivity index (χ0n) is 12.4. The van der Waals surface area contributed by atoms with Crippen molar-refractivity contribution in [3.8, 4) is 5.75 Å². The molecule has 0 saturated heterocycles. The molecule has 0 spiro atoms. The lowest BCUT2D eigenvalue weighted by molar-refractivity contribution is -0.118. The normalized spacial score (nSPS) is 13.2. The molecule has 1 amide bonds. The Morgan fingerprint density at radius 1 is 1.17 bits per heavy atom. The molecule has 0 aromatic heterocycles. The summed E-state index contributed by atoms with van der Waals surface area (Å²) in [5.41, 5.74) is 1.70. The van der Waals surface area contributed by atoms with Crippen LogP contribution in [0.5, 0.6) is 5.75 Å². The zero-order valence-corrected chi connectivity index (χ0v) is 13.1. The van der Waals surface area contributed by atoms with Gasteiger partial charge < -0.3 is 15.4 Å². The molecular weight excluding hydrogens is 314 g/mol. The number of benzene rings is 2. The van der Waals surface area contributed by atoms with E-state index < -0.39 is 0 Å². The molecule has 23 heavy (non-hydrogen) atoms. The third kappa shape index (κ3) is 4.23. The van der Waals surface area contributed by atoms with Crippen LogP contribution in [0.4, 0.5) is 5.69 Å². The number of nitrogens with zero attached hydrogens (tertiary/aromatic N) is 1. The first-order valence-electron chi connectivity index (χ1n) is 7.28. The van der Waals surface area contributed by atoms with Gasteiger partial charge >= 0.3 is 0 Å². The number of hydrogen-bond acceptors (Lipinski definition) is 4. The van der Waals surface area contributed by atoms with Gasteiger partial charge in [0.25, 0.3) is 5.91 Å². The minimum absolute atomic E-state index is 0.0544. The first-order valence-corrected chi connectivity index (χ1v) is 7.65. The number of halogens is 1. The monoisotopic (exact) mass is 329 g/mol. The van der Waals surface area contributed by atoms with E-state index in [0.717, 1.165) is 24.5 Å².